The van der Waals surface area contributed by atoms with Crippen LogP contribution in [0.2, 0.25) is 0 Å². The van der Waals surface area contributed by atoms with Crippen molar-refractivity contribution in [1.82, 2.24) is 0 Å². The van der Waals surface area contributed by atoms with E-state index in [0.29, 0.717) is 11.4 Å². The fraction of sp³-hybridized carbons (Fsp3) is 0.200. The maximum atomic E-state index is 10.7. The highest BCUT2D eigenvalue weighted by Crippen LogP contribution is 2.15. The molecule has 0 saturated heterocycles. The molecule has 1 rings (SSSR count). The van der Waals surface area contributed by atoms with Gasteiger partial charge in [-0.3, -0.25) is 9.59 Å². The summed E-state index contributed by atoms with van der Waals surface area (Å²) in [6.45, 7) is 1.35. The zero-order valence-electron chi connectivity index (χ0n) is 7.74. The van der Waals surface area contributed by atoms with Crippen LogP contribution in [0, 0.1) is 0 Å². The smallest absolute Gasteiger partial charge is 0.239 e. The summed E-state index contributed by atoms with van der Waals surface area (Å²) >= 11 is 0. The van der Waals surface area contributed by atoms with Crippen molar-refractivity contribution in [3.63, 3.8) is 0 Å². The molecule has 4 heteroatoms. The van der Waals surface area contributed by atoms with Crippen LogP contribution in [0.1, 0.15) is 6.92 Å². The molecule has 0 aliphatic carbocycles. The van der Waals surface area contributed by atoms with E-state index in [0.717, 1.165) is 0 Å². The van der Waals surface area contributed by atoms with Crippen LogP contribution in [0.15, 0.2) is 24.3 Å². The van der Waals surface area contributed by atoms with Crippen molar-refractivity contribution < 1.29 is 14.3 Å². The SMILES string of the molecule is CC(=O)Nc1ccc(OC[C]=O)cc1. The van der Waals surface area contributed by atoms with Gasteiger partial charge in [0, 0.05) is 12.6 Å². The fourth-order valence-corrected chi connectivity index (χ4v) is 0.951. The molecule has 0 unspecified atom stereocenters. The number of hydrogen-bond donors (Lipinski definition) is 1. The molecule has 0 heterocycles. The van der Waals surface area contributed by atoms with Gasteiger partial charge in [0.15, 0.2) is 6.61 Å². The molecule has 1 amide bonds. The second-order valence-corrected chi connectivity index (χ2v) is 2.64. The van der Waals surface area contributed by atoms with E-state index in [9.17, 15) is 9.59 Å². The predicted molar refractivity (Wildman–Crippen MR) is 51.9 cm³/mol. The average Bonchev–Trinajstić information content (AvgIpc) is 2.16. The molecule has 1 N–H and O–H groups in total. The van der Waals surface area contributed by atoms with Gasteiger partial charge in [-0.05, 0) is 24.3 Å². The Balaban J connectivity index is 2.58. The highest BCUT2D eigenvalue weighted by Gasteiger charge is 1.96. The van der Waals surface area contributed by atoms with Crippen LogP contribution in [0.25, 0.3) is 0 Å². The Labute approximate surface area is 81.9 Å². The van der Waals surface area contributed by atoms with E-state index in [1.54, 1.807) is 30.6 Å². The van der Waals surface area contributed by atoms with E-state index >= 15 is 0 Å². The van der Waals surface area contributed by atoms with Gasteiger partial charge in [-0.2, -0.15) is 0 Å². The maximum Gasteiger partial charge on any atom is 0.239 e. The molecule has 0 bridgehead atoms. The lowest BCUT2D eigenvalue weighted by Crippen LogP contribution is -2.05. The lowest BCUT2D eigenvalue weighted by Gasteiger charge is -2.04. The maximum absolute atomic E-state index is 10.7. The summed E-state index contributed by atoms with van der Waals surface area (Å²) in [6, 6.07) is 6.73. The van der Waals surface area contributed by atoms with E-state index in [1.165, 1.54) is 6.92 Å². The van der Waals surface area contributed by atoms with Crippen LogP contribution < -0.4 is 10.1 Å². The molecule has 0 aliphatic heterocycles. The van der Waals surface area contributed by atoms with Crippen molar-refractivity contribution >= 4 is 17.9 Å². The topological polar surface area (TPSA) is 55.4 Å². The van der Waals surface area contributed by atoms with Gasteiger partial charge in [0.05, 0.1) is 0 Å². The normalized spacial score (nSPS) is 9.21. The molecule has 73 valence electrons. The van der Waals surface area contributed by atoms with E-state index in [2.05, 4.69) is 5.32 Å². The fourth-order valence-electron chi connectivity index (χ4n) is 0.951. The Morgan fingerprint density at radius 2 is 2.07 bits per heavy atom. The Hall–Kier alpha value is -1.84. The van der Waals surface area contributed by atoms with Crippen molar-refractivity contribution in [2.75, 3.05) is 11.9 Å². The molecule has 0 aromatic heterocycles. The summed E-state index contributed by atoms with van der Waals surface area (Å²) in [5.41, 5.74) is 0.694. The Morgan fingerprint density at radius 1 is 1.43 bits per heavy atom. The summed E-state index contributed by atoms with van der Waals surface area (Å²) in [7, 11) is 0. The molecule has 0 aliphatic rings. The molecule has 1 aromatic rings. The molecule has 1 aromatic carbocycles. The van der Waals surface area contributed by atoms with Crippen molar-refractivity contribution in [2.45, 2.75) is 6.92 Å². The van der Waals surface area contributed by atoms with Crippen molar-refractivity contribution in [3.05, 3.63) is 24.3 Å². The largest absolute Gasteiger partial charge is 0.485 e. The number of carbonyl (C=O) groups excluding carboxylic acids is 2. The minimum Gasteiger partial charge on any atom is -0.485 e. The summed E-state index contributed by atoms with van der Waals surface area (Å²) in [4.78, 5) is 20.6. The zero-order valence-corrected chi connectivity index (χ0v) is 7.74. The third kappa shape index (κ3) is 3.26. The first-order chi connectivity index (χ1) is 6.72. The Bertz CT molecular complexity index is 319. The number of nitrogens with one attached hydrogen (secondary N) is 1. The average molecular weight is 192 g/mol. The van der Waals surface area contributed by atoms with Crippen LogP contribution in [0.5, 0.6) is 5.75 Å². The quantitative estimate of drug-likeness (QED) is 0.778. The van der Waals surface area contributed by atoms with Gasteiger partial charge in [0.25, 0.3) is 0 Å². The van der Waals surface area contributed by atoms with Gasteiger partial charge in [0.1, 0.15) is 5.75 Å². The van der Waals surface area contributed by atoms with Gasteiger partial charge in [-0.25, -0.2) is 0 Å². The van der Waals surface area contributed by atoms with E-state index in [1.807, 2.05) is 0 Å². The molecule has 0 saturated carbocycles. The van der Waals surface area contributed by atoms with Gasteiger partial charge < -0.3 is 10.1 Å². The molecule has 0 fully saturated rings. The second kappa shape index (κ2) is 5.01. The first kappa shape index (κ1) is 10.2. The Morgan fingerprint density at radius 3 is 2.57 bits per heavy atom. The summed E-state index contributed by atoms with van der Waals surface area (Å²) in [5, 5.41) is 2.62. The number of ether oxygens (including phenoxy) is 1. The molecular weight excluding hydrogens is 182 g/mol. The van der Waals surface area contributed by atoms with Crippen molar-refractivity contribution in [2.24, 2.45) is 0 Å². The number of hydrogen-bond acceptors (Lipinski definition) is 3. The lowest BCUT2D eigenvalue weighted by molar-refractivity contribution is -0.114. The molecule has 4 nitrogen and oxygen atoms in total. The van der Waals surface area contributed by atoms with Gasteiger partial charge in [-0.15, -0.1) is 0 Å². The molecule has 0 spiro atoms. The van der Waals surface area contributed by atoms with Crippen LogP contribution in [0.4, 0.5) is 5.69 Å². The zero-order chi connectivity index (χ0) is 10.4. The minimum atomic E-state index is -0.125. The second-order valence-electron chi connectivity index (χ2n) is 2.64. The standard InChI is InChI=1S/C10H10NO3/c1-8(13)11-9-2-4-10(5-3-9)14-7-6-12/h2-5H,7H2,1H3,(H,11,13). The lowest BCUT2D eigenvalue weighted by atomic mass is 10.3. The molecular formula is C10H10NO3. The van der Waals surface area contributed by atoms with Crippen LogP contribution in [0.3, 0.4) is 0 Å². The van der Waals surface area contributed by atoms with Crippen molar-refractivity contribution in [3.8, 4) is 5.75 Å². The van der Waals surface area contributed by atoms with E-state index in [-0.39, 0.29) is 12.5 Å². The van der Waals surface area contributed by atoms with E-state index in [4.69, 9.17) is 4.74 Å². The predicted octanol–water partition coefficient (Wildman–Crippen LogP) is 1.13. The number of rotatable bonds is 4. The third-order valence-electron chi connectivity index (χ3n) is 1.47. The van der Waals surface area contributed by atoms with Crippen LogP contribution in [-0.2, 0) is 9.59 Å². The van der Waals surface area contributed by atoms with Crippen LogP contribution in [-0.4, -0.2) is 18.8 Å². The summed E-state index contributed by atoms with van der Waals surface area (Å²) in [5.74, 6) is 0.447. The molecule has 14 heavy (non-hydrogen) atoms. The third-order valence-corrected chi connectivity index (χ3v) is 1.47. The minimum absolute atomic E-state index is 0.0838. The monoisotopic (exact) mass is 192 g/mol. The number of anilines is 1. The molecule has 1 radical (unpaired) electrons. The summed E-state index contributed by atoms with van der Waals surface area (Å²) < 4.78 is 4.98. The first-order valence-corrected chi connectivity index (χ1v) is 4.08. The number of carbonyl (C=O) groups is 1. The Kier molecular flexibility index (Phi) is 3.67. The van der Waals surface area contributed by atoms with Gasteiger partial charge in [-0.1, -0.05) is 0 Å². The summed E-state index contributed by atoms with van der Waals surface area (Å²) in [6.07, 6.45) is 1.62. The van der Waals surface area contributed by atoms with Gasteiger partial charge in [0.2, 0.25) is 12.2 Å². The molecule has 0 atom stereocenters. The first-order valence-electron chi connectivity index (χ1n) is 4.08. The number of benzene rings is 1. The van der Waals surface area contributed by atoms with Crippen molar-refractivity contribution in [1.29, 1.82) is 0 Å². The highest BCUT2D eigenvalue weighted by atomic mass is 16.5. The number of amides is 1. The van der Waals surface area contributed by atoms with Crippen LogP contribution >= 0.6 is 0 Å². The highest BCUT2D eigenvalue weighted by molar-refractivity contribution is 5.88. The van der Waals surface area contributed by atoms with Gasteiger partial charge >= 0.3 is 0 Å². The van der Waals surface area contributed by atoms with E-state index < -0.39 is 0 Å².